The fourth-order valence-corrected chi connectivity index (χ4v) is 2.56. The minimum Gasteiger partial charge on any atom is -0.411 e. The molecule has 1 heterocycles. The molecule has 0 fully saturated rings. The molecule has 3 aromatic rings. The number of hydrogen-bond acceptors (Lipinski definition) is 5. The van der Waals surface area contributed by atoms with E-state index in [1.807, 2.05) is 61.7 Å². The first-order valence-corrected chi connectivity index (χ1v) is 8.90. The van der Waals surface area contributed by atoms with Gasteiger partial charge in [0.2, 0.25) is 5.89 Å². The number of thiocarbonyl (C=S) groups is 1. The van der Waals surface area contributed by atoms with E-state index in [9.17, 15) is 0 Å². The Morgan fingerprint density at radius 3 is 2.08 bits per heavy atom. The van der Waals surface area contributed by atoms with Crippen molar-refractivity contribution in [3.63, 3.8) is 0 Å². The van der Waals surface area contributed by atoms with Crippen LogP contribution in [0, 0.1) is 6.92 Å². The molecule has 0 unspecified atom stereocenters. The fraction of sp³-hybridized carbons (Fsp3) is 0.118. The molecule has 0 amide bonds. The SMILES string of the molecule is CSc1nnc(-c2ccc(NC(=S)Nc3ccc(C)cc3)cc2)o1. The minimum atomic E-state index is 0.506. The van der Waals surface area contributed by atoms with Crippen molar-refractivity contribution in [3.8, 4) is 11.5 Å². The molecule has 3 rings (SSSR count). The maximum absolute atomic E-state index is 5.51. The third kappa shape index (κ3) is 4.12. The molecule has 122 valence electrons. The summed E-state index contributed by atoms with van der Waals surface area (Å²) in [6.07, 6.45) is 1.90. The van der Waals surface area contributed by atoms with Gasteiger partial charge in [-0.2, -0.15) is 0 Å². The van der Waals surface area contributed by atoms with Gasteiger partial charge in [0, 0.05) is 16.9 Å². The van der Waals surface area contributed by atoms with Gasteiger partial charge >= 0.3 is 0 Å². The van der Waals surface area contributed by atoms with Crippen LogP contribution in [0.2, 0.25) is 0 Å². The smallest absolute Gasteiger partial charge is 0.276 e. The monoisotopic (exact) mass is 356 g/mol. The maximum atomic E-state index is 5.51. The summed E-state index contributed by atoms with van der Waals surface area (Å²) in [5.74, 6) is 0.506. The zero-order chi connectivity index (χ0) is 16.9. The van der Waals surface area contributed by atoms with Crippen LogP contribution < -0.4 is 10.6 Å². The average Bonchev–Trinajstić information content (AvgIpc) is 3.07. The van der Waals surface area contributed by atoms with E-state index in [4.69, 9.17) is 16.6 Å². The molecule has 0 saturated carbocycles. The molecule has 0 aliphatic carbocycles. The van der Waals surface area contributed by atoms with Gasteiger partial charge in [0.15, 0.2) is 5.11 Å². The Morgan fingerprint density at radius 1 is 0.958 bits per heavy atom. The second-order valence-corrected chi connectivity index (χ2v) is 6.27. The predicted octanol–water partition coefficient (Wildman–Crippen LogP) is 4.58. The van der Waals surface area contributed by atoms with Crippen molar-refractivity contribution in [3.05, 3.63) is 54.1 Å². The van der Waals surface area contributed by atoms with E-state index >= 15 is 0 Å². The first kappa shape index (κ1) is 16.5. The van der Waals surface area contributed by atoms with Gasteiger partial charge < -0.3 is 15.1 Å². The highest BCUT2D eigenvalue weighted by atomic mass is 32.2. The molecule has 0 bridgehead atoms. The molecule has 0 spiro atoms. The Hall–Kier alpha value is -2.38. The number of aryl methyl sites for hydroxylation is 1. The lowest BCUT2D eigenvalue weighted by Gasteiger charge is -2.11. The lowest BCUT2D eigenvalue weighted by Crippen LogP contribution is -2.18. The lowest BCUT2D eigenvalue weighted by atomic mass is 10.2. The number of nitrogens with one attached hydrogen (secondary N) is 2. The van der Waals surface area contributed by atoms with Gasteiger partial charge in [-0.15, -0.1) is 10.2 Å². The Morgan fingerprint density at radius 2 is 1.54 bits per heavy atom. The number of aromatic nitrogens is 2. The van der Waals surface area contributed by atoms with Gasteiger partial charge in [-0.1, -0.05) is 29.5 Å². The van der Waals surface area contributed by atoms with Gasteiger partial charge in [0.05, 0.1) is 0 Å². The van der Waals surface area contributed by atoms with Crippen molar-refractivity contribution in [2.75, 3.05) is 16.9 Å². The summed E-state index contributed by atoms with van der Waals surface area (Å²) in [6.45, 7) is 2.05. The third-order valence-electron chi connectivity index (χ3n) is 3.28. The summed E-state index contributed by atoms with van der Waals surface area (Å²) in [6, 6.07) is 15.7. The van der Waals surface area contributed by atoms with Crippen molar-refractivity contribution in [1.82, 2.24) is 10.2 Å². The highest BCUT2D eigenvalue weighted by Gasteiger charge is 2.07. The van der Waals surface area contributed by atoms with Gasteiger partial charge in [-0.3, -0.25) is 0 Å². The summed E-state index contributed by atoms with van der Waals surface area (Å²) in [4.78, 5) is 0. The summed E-state index contributed by atoms with van der Waals surface area (Å²) in [7, 11) is 0. The van der Waals surface area contributed by atoms with Gasteiger partial charge in [0.25, 0.3) is 5.22 Å². The molecule has 2 aromatic carbocycles. The fourth-order valence-electron chi connectivity index (χ4n) is 2.04. The van der Waals surface area contributed by atoms with Crippen LogP contribution in [-0.4, -0.2) is 21.6 Å². The number of thioether (sulfide) groups is 1. The van der Waals surface area contributed by atoms with Crippen molar-refractivity contribution in [2.45, 2.75) is 12.1 Å². The normalized spacial score (nSPS) is 10.4. The molecule has 7 heteroatoms. The third-order valence-corrected chi connectivity index (χ3v) is 4.00. The average molecular weight is 356 g/mol. The van der Waals surface area contributed by atoms with Crippen LogP contribution in [0.5, 0.6) is 0 Å². The summed E-state index contributed by atoms with van der Waals surface area (Å²) >= 11 is 6.75. The van der Waals surface area contributed by atoms with Crippen molar-refractivity contribution < 1.29 is 4.42 Å². The molecule has 0 saturated heterocycles. The highest BCUT2D eigenvalue weighted by Crippen LogP contribution is 2.23. The van der Waals surface area contributed by atoms with Crippen LogP contribution in [0.4, 0.5) is 11.4 Å². The molecular weight excluding hydrogens is 340 g/mol. The number of rotatable bonds is 4. The molecular formula is C17H16N4OS2. The van der Waals surface area contributed by atoms with E-state index < -0.39 is 0 Å². The molecule has 0 aliphatic rings. The zero-order valence-electron chi connectivity index (χ0n) is 13.2. The van der Waals surface area contributed by atoms with Crippen LogP contribution >= 0.6 is 24.0 Å². The Kier molecular flexibility index (Phi) is 5.12. The molecule has 0 radical (unpaired) electrons. The molecule has 24 heavy (non-hydrogen) atoms. The largest absolute Gasteiger partial charge is 0.411 e. The van der Waals surface area contributed by atoms with Crippen LogP contribution in [0.25, 0.3) is 11.5 Å². The predicted molar refractivity (Wildman–Crippen MR) is 103 cm³/mol. The summed E-state index contributed by atoms with van der Waals surface area (Å²) < 4.78 is 5.51. The van der Waals surface area contributed by atoms with Crippen molar-refractivity contribution >= 4 is 40.5 Å². The van der Waals surface area contributed by atoms with E-state index in [1.54, 1.807) is 0 Å². The van der Waals surface area contributed by atoms with Gasteiger partial charge in [0.1, 0.15) is 0 Å². The van der Waals surface area contributed by atoms with Crippen LogP contribution in [-0.2, 0) is 0 Å². The van der Waals surface area contributed by atoms with Gasteiger partial charge in [-0.25, -0.2) is 0 Å². The van der Waals surface area contributed by atoms with Gasteiger partial charge in [-0.05, 0) is 61.8 Å². The van der Waals surface area contributed by atoms with E-state index in [2.05, 4.69) is 20.8 Å². The summed E-state index contributed by atoms with van der Waals surface area (Å²) in [5.41, 5.74) is 3.91. The number of benzene rings is 2. The standard InChI is InChI=1S/C17H16N4OS2/c1-11-3-7-13(8-4-11)18-16(23)19-14-9-5-12(6-10-14)15-20-21-17(22-15)24-2/h3-10H,1-2H3,(H2,18,19,23). The summed E-state index contributed by atoms with van der Waals surface area (Å²) in [5, 5.41) is 15.3. The van der Waals surface area contributed by atoms with E-state index in [1.165, 1.54) is 17.3 Å². The van der Waals surface area contributed by atoms with Crippen LogP contribution in [0.3, 0.4) is 0 Å². The number of hydrogen-bond donors (Lipinski definition) is 2. The maximum Gasteiger partial charge on any atom is 0.276 e. The van der Waals surface area contributed by atoms with E-state index in [0.717, 1.165) is 16.9 Å². The van der Waals surface area contributed by atoms with E-state index in [0.29, 0.717) is 16.2 Å². The first-order valence-electron chi connectivity index (χ1n) is 7.26. The molecule has 1 aromatic heterocycles. The lowest BCUT2D eigenvalue weighted by molar-refractivity contribution is 0.466. The number of nitrogens with zero attached hydrogens (tertiary/aromatic N) is 2. The second-order valence-electron chi connectivity index (χ2n) is 5.10. The Labute approximate surface area is 149 Å². The molecule has 2 N–H and O–H groups in total. The quantitative estimate of drug-likeness (QED) is 0.524. The first-order chi connectivity index (χ1) is 11.6. The van der Waals surface area contributed by atoms with Crippen molar-refractivity contribution in [2.24, 2.45) is 0 Å². The van der Waals surface area contributed by atoms with Crippen molar-refractivity contribution in [1.29, 1.82) is 0 Å². The second kappa shape index (κ2) is 7.46. The molecule has 0 aliphatic heterocycles. The molecule has 5 nitrogen and oxygen atoms in total. The Bertz CT molecular complexity index is 829. The molecule has 0 atom stereocenters. The zero-order valence-corrected chi connectivity index (χ0v) is 14.9. The van der Waals surface area contributed by atoms with E-state index in [-0.39, 0.29) is 0 Å². The number of anilines is 2. The van der Waals surface area contributed by atoms with Crippen LogP contribution in [0.15, 0.2) is 58.2 Å². The Balaban J connectivity index is 1.63. The topological polar surface area (TPSA) is 63.0 Å². The minimum absolute atomic E-state index is 0.506. The highest BCUT2D eigenvalue weighted by molar-refractivity contribution is 7.98. The van der Waals surface area contributed by atoms with Crippen LogP contribution in [0.1, 0.15) is 5.56 Å².